The predicted octanol–water partition coefficient (Wildman–Crippen LogP) is 3.35. The number of anilines is 1. The van der Waals surface area contributed by atoms with Crippen LogP contribution in [-0.2, 0) is 4.74 Å². The van der Waals surface area contributed by atoms with E-state index in [0.717, 1.165) is 47.6 Å². The number of carbonyl (C=O) groups excluding carboxylic acids is 1. The standard InChI is InChI=1S/C16H15ClN2O2S/c17-11-3-1-10(2-4-11)12-9-13(20)15-14(12)18-16(22-15)19-5-7-21-8-6-19/h1-4,12H,5-9H2. The molecule has 4 rings (SSSR count). The maximum Gasteiger partial charge on any atom is 0.186 e. The van der Waals surface area contributed by atoms with E-state index in [1.54, 1.807) is 0 Å². The lowest BCUT2D eigenvalue weighted by Crippen LogP contribution is -2.36. The molecule has 1 aromatic heterocycles. The van der Waals surface area contributed by atoms with E-state index in [0.29, 0.717) is 11.4 Å². The molecule has 2 aromatic rings. The highest BCUT2D eigenvalue weighted by Crippen LogP contribution is 2.42. The second-order valence-electron chi connectivity index (χ2n) is 5.54. The lowest BCUT2D eigenvalue weighted by atomic mass is 9.97. The Hall–Kier alpha value is -1.43. The molecule has 0 N–H and O–H groups in total. The normalized spacial score (nSPS) is 21.2. The van der Waals surface area contributed by atoms with Gasteiger partial charge >= 0.3 is 0 Å². The summed E-state index contributed by atoms with van der Waals surface area (Å²) >= 11 is 7.48. The molecule has 1 aromatic carbocycles. The molecule has 0 radical (unpaired) electrons. The summed E-state index contributed by atoms with van der Waals surface area (Å²) in [5.41, 5.74) is 2.04. The highest BCUT2D eigenvalue weighted by atomic mass is 35.5. The number of ether oxygens (including phenoxy) is 1. The minimum absolute atomic E-state index is 0.0609. The molecule has 1 atom stereocenters. The first-order chi connectivity index (χ1) is 10.7. The van der Waals surface area contributed by atoms with Crippen LogP contribution in [0.2, 0.25) is 5.02 Å². The Labute approximate surface area is 137 Å². The second kappa shape index (κ2) is 5.65. The number of ketones is 1. The van der Waals surface area contributed by atoms with Crippen molar-refractivity contribution in [3.8, 4) is 0 Å². The maximum absolute atomic E-state index is 12.3. The molecule has 1 saturated heterocycles. The van der Waals surface area contributed by atoms with E-state index in [2.05, 4.69) is 4.90 Å². The van der Waals surface area contributed by atoms with Crippen LogP contribution in [0.15, 0.2) is 24.3 Å². The van der Waals surface area contributed by atoms with E-state index in [1.807, 2.05) is 24.3 Å². The molecule has 0 saturated carbocycles. The highest BCUT2D eigenvalue weighted by Gasteiger charge is 2.35. The number of thiazole rings is 1. The first-order valence-corrected chi connectivity index (χ1v) is 8.54. The van der Waals surface area contributed by atoms with Gasteiger partial charge in [-0.2, -0.15) is 0 Å². The molecule has 22 heavy (non-hydrogen) atoms. The van der Waals surface area contributed by atoms with Gasteiger partial charge in [-0.05, 0) is 17.7 Å². The van der Waals surface area contributed by atoms with Crippen molar-refractivity contribution < 1.29 is 9.53 Å². The van der Waals surface area contributed by atoms with Gasteiger partial charge in [0.25, 0.3) is 0 Å². The number of halogens is 1. The Morgan fingerprint density at radius 1 is 1.23 bits per heavy atom. The summed E-state index contributed by atoms with van der Waals surface area (Å²) in [6.07, 6.45) is 0.513. The third-order valence-electron chi connectivity index (χ3n) is 4.17. The Balaban J connectivity index is 1.67. The van der Waals surface area contributed by atoms with Gasteiger partial charge < -0.3 is 9.64 Å². The van der Waals surface area contributed by atoms with Gasteiger partial charge in [-0.3, -0.25) is 4.79 Å². The summed E-state index contributed by atoms with van der Waals surface area (Å²) < 4.78 is 5.38. The first kappa shape index (κ1) is 14.2. The largest absolute Gasteiger partial charge is 0.378 e. The summed E-state index contributed by atoms with van der Waals surface area (Å²) in [5.74, 6) is 0.262. The Bertz CT molecular complexity index is 707. The molecular formula is C16H15ClN2O2S. The number of hydrogen-bond donors (Lipinski definition) is 0. The summed E-state index contributed by atoms with van der Waals surface area (Å²) in [4.78, 5) is 20.1. The molecule has 0 bridgehead atoms. The lowest BCUT2D eigenvalue weighted by molar-refractivity contribution is 0.0994. The third kappa shape index (κ3) is 2.43. The average Bonchev–Trinajstić information content (AvgIpc) is 3.10. The van der Waals surface area contributed by atoms with Crippen molar-refractivity contribution in [2.75, 3.05) is 31.2 Å². The topological polar surface area (TPSA) is 42.4 Å². The zero-order chi connectivity index (χ0) is 15.1. The van der Waals surface area contributed by atoms with Crippen LogP contribution in [0, 0.1) is 0 Å². The van der Waals surface area contributed by atoms with E-state index in [9.17, 15) is 4.79 Å². The average molecular weight is 335 g/mol. The van der Waals surface area contributed by atoms with Gasteiger partial charge in [0, 0.05) is 30.5 Å². The van der Waals surface area contributed by atoms with Crippen LogP contribution < -0.4 is 4.90 Å². The van der Waals surface area contributed by atoms with E-state index in [1.165, 1.54) is 11.3 Å². The minimum atomic E-state index is 0.0609. The number of carbonyl (C=O) groups is 1. The van der Waals surface area contributed by atoms with Gasteiger partial charge in [-0.1, -0.05) is 35.1 Å². The number of fused-ring (bicyclic) bond motifs is 1. The number of Topliss-reactive ketones (excluding diaryl/α,β-unsaturated/α-hetero) is 1. The monoisotopic (exact) mass is 334 g/mol. The van der Waals surface area contributed by atoms with Crippen LogP contribution in [0.1, 0.15) is 33.3 Å². The predicted molar refractivity (Wildman–Crippen MR) is 87.4 cm³/mol. The summed E-state index contributed by atoms with van der Waals surface area (Å²) in [6.45, 7) is 3.12. The number of aromatic nitrogens is 1. The Morgan fingerprint density at radius 3 is 2.68 bits per heavy atom. The fraction of sp³-hybridized carbons (Fsp3) is 0.375. The lowest BCUT2D eigenvalue weighted by Gasteiger charge is -2.26. The molecule has 4 nitrogen and oxygen atoms in total. The number of morpholine rings is 1. The van der Waals surface area contributed by atoms with E-state index in [4.69, 9.17) is 21.3 Å². The molecule has 1 unspecified atom stereocenters. The van der Waals surface area contributed by atoms with E-state index >= 15 is 0 Å². The van der Waals surface area contributed by atoms with Crippen molar-refractivity contribution in [3.63, 3.8) is 0 Å². The number of nitrogens with zero attached hydrogens (tertiary/aromatic N) is 2. The molecule has 6 heteroatoms. The van der Waals surface area contributed by atoms with Gasteiger partial charge in [0.15, 0.2) is 10.9 Å². The van der Waals surface area contributed by atoms with Gasteiger partial charge in [0.2, 0.25) is 0 Å². The smallest absolute Gasteiger partial charge is 0.186 e. The number of hydrogen-bond acceptors (Lipinski definition) is 5. The van der Waals surface area contributed by atoms with Crippen LogP contribution in [0.25, 0.3) is 0 Å². The molecule has 2 aliphatic rings. The fourth-order valence-electron chi connectivity index (χ4n) is 2.99. The van der Waals surface area contributed by atoms with Crippen molar-refractivity contribution >= 4 is 33.9 Å². The Kier molecular flexibility index (Phi) is 3.64. The van der Waals surface area contributed by atoms with E-state index in [-0.39, 0.29) is 11.7 Å². The highest BCUT2D eigenvalue weighted by molar-refractivity contribution is 7.17. The van der Waals surface area contributed by atoms with Gasteiger partial charge in [0.05, 0.1) is 23.8 Å². The zero-order valence-corrected chi connectivity index (χ0v) is 13.5. The minimum Gasteiger partial charge on any atom is -0.378 e. The molecule has 1 aliphatic carbocycles. The van der Waals surface area contributed by atoms with Crippen LogP contribution in [0.4, 0.5) is 5.13 Å². The molecule has 0 spiro atoms. The summed E-state index contributed by atoms with van der Waals surface area (Å²) in [7, 11) is 0. The van der Waals surface area contributed by atoms with Crippen LogP contribution in [0.3, 0.4) is 0 Å². The maximum atomic E-state index is 12.3. The molecule has 2 heterocycles. The van der Waals surface area contributed by atoms with Crippen molar-refractivity contribution in [2.45, 2.75) is 12.3 Å². The van der Waals surface area contributed by atoms with Crippen molar-refractivity contribution in [3.05, 3.63) is 45.4 Å². The zero-order valence-electron chi connectivity index (χ0n) is 11.9. The van der Waals surface area contributed by atoms with Crippen LogP contribution >= 0.6 is 22.9 Å². The van der Waals surface area contributed by atoms with Crippen LogP contribution in [0.5, 0.6) is 0 Å². The summed E-state index contributed by atoms with van der Waals surface area (Å²) in [5, 5.41) is 1.65. The number of benzene rings is 1. The first-order valence-electron chi connectivity index (χ1n) is 7.34. The number of rotatable bonds is 2. The fourth-order valence-corrected chi connectivity index (χ4v) is 4.25. The van der Waals surface area contributed by atoms with Gasteiger partial charge in [-0.25, -0.2) is 4.98 Å². The second-order valence-corrected chi connectivity index (χ2v) is 6.96. The van der Waals surface area contributed by atoms with Crippen molar-refractivity contribution in [1.29, 1.82) is 0 Å². The summed E-state index contributed by atoms with van der Waals surface area (Å²) in [6, 6.07) is 7.72. The third-order valence-corrected chi connectivity index (χ3v) is 5.59. The van der Waals surface area contributed by atoms with Crippen molar-refractivity contribution in [2.24, 2.45) is 0 Å². The van der Waals surface area contributed by atoms with Crippen molar-refractivity contribution in [1.82, 2.24) is 4.98 Å². The van der Waals surface area contributed by atoms with Gasteiger partial charge in [-0.15, -0.1) is 0 Å². The molecule has 1 aliphatic heterocycles. The van der Waals surface area contributed by atoms with E-state index < -0.39 is 0 Å². The van der Waals surface area contributed by atoms with Gasteiger partial charge in [0.1, 0.15) is 0 Å². The molecule has 0 amide bonds. The molecular weight excluding hydrogens is 320 g/mol. The Morgan fingerprint density at radius 2 is 1.95 bits per heavy atom. The quantitative estimate of drug-likeness (QED) is 0.844. The SMILES string of the molecule is O=C1CC(c2ccc(Cl)cc2)c2nc(N3CCOCC3)sc21. The van der Waals surface area contributed by atoms with Crippen LogP contribution in [-0.4, -0.2) is 37.1 Å². The molecule has 114 valence electrons. The molecule has 1 fully saturated rings.